The maximum Gasteiger partial charge on any atom is 0.410 e. The van der Waals surface area contributed by atoms with Crippen LogP contribution in [0.1, 0.15) is 83.6 Å². The Morgan fingerprint density at radius 1 is 1.03 bits per heavy atom. The van der Waals surface area contributed by atoms with Crippen LogP contribution in [0.5, 0.6) is 0 Å². The summed E-state index contributed by atoms with van der Waals surface area (Å²) in [5.74, 6) is 0.917. The van der Waals surface area contributed by atoms with Crippen LogP contribution in [0.4, 0.5) is 4.79 Å². The molecule has 4 saturated carbocycles. The van der Waals surface area contributed by atoms with Crippen LogP contribution < -0.4 is 0 Å². The van der Waals surface area contributed by atoms with Crippen LogP contribution >= 0.6 is 0 Å². The molecule has 3 nitrogen and oxygen atoms in total. The number of piperidine rings is 1. The highest BCUT2D eigenvalue weighted by Crippen LogP contribution is 2.72. The Kier molecular flexibility index (Phi) is 4.40. The van der Waals surface area contributed by atoms with Crippen molar-refractivity contribution in [3.05, 3.63) is 47.5 Å². The molecule has 31 heavy (non-hydrogen) atoms. The molecular weight excluding hydrogens is 382 g/mol. The molecule has 0 N–H and O–H groups in total. The van der Waals surface area contributed by atoms with Gasteiger partial charge < -0.3 is 4.74 Å². The number of rotatable bonds is 3. The molecule has 0 aromatic heterocycles. The third kappa shape index (κ3) is 3.34. The average Bonchev–Trinajstić information content (AvgIpc) is 2.69. The van der Waals surface area contributed by atoms with Gasteiger partial charge in [-0.3, -0.25) is 4.90 Å². The van der Waals surface area contributed by atoms with Crippen LogP contribution in [0.25, 0.3) is 0 Å². The number of carbonyl (C=O) groups is 1. The van der Waals surface area contributed by atoms with Gasteiger partial charge in [0, 0.05) is 6.04 Å². The molecule has 4 unspecified atom stereocenters. The van der Waals surface area contributed by atoms with Crippen LogP contribution in [0.2, 0.25) is 0 Å². The number of hydrogen-bond donors (Lipinski definition) is 0. The van der Waals surface area contributed by atoms with Gasteiger partial charge in [0.2, 0.25) is 0 Å². The van der Waals surface area contributed by atoms with Crippen LogP contribution in [-0.4, -0.2) is 23.1 Å². The van der Waals surface area contributed by atoms with Crippen molar-refractivity contribution in [2.75, 3.05) is 0 Å². The first-order valence-electron chi connectivity index (χ1n) is 12.6. The molecule has 4 aliphatic carbocycles. The molecule has 1 saturated heterocycles. The Morgan fingerprint density at radius 2 is 1.77 bits per heavy atom. The third-order valence-electron chi connectivity index (χ3n) is 9.36. The second-order valence-corrected chi connectivity index (χ2v) is 12.4. The van der Waals surface area contributed by atoms with Crippen LogP contribution in [0.15, 0.2) is 42.0 Å². The molecule has 3 heteroatoms. The lowest BCUT2D eigenvalue weighted by Crippen LogP contribution is -2.58. The number of ether oxygens (including phenoxy) is 1. The molecule has 2 aliphatic heterocycles. The lowest BCUT2D eigenvalue weighted by molar-refractivity contribution is -0.132. The minimum absolute atomic E-state index is 0.113. The molecule has 6 aliphatic rings. The second kappa shape index (κ2) is 6.86. The molecule has 5 fully saturated rings. The lowest BCUT2D eigenvalue weighted by Gasteiger charge is -2.67. The summed E-state index contributed by atoms with van der Waals surface area (Å²) in [6.07, 6.45) is 15.5. The number of fused-ring (bicyclic) bond motifs is 2. The van der Waals surface area contributed by atoms with E-state index in [1.54, 1.807) is 5.57 Å². The molecule has 4 atom stereocenters. The van der Waals surface area contributed by atoms with Crippen molar-refractivity contribution in [2.24, 2.45) is 22.2 Å². The average molecular weight is 420 g/mol. The Labute approximate surface area is 187 Å². The van der Waals surface area contributed by atoms with E-state index < -0.39 is 0 Å². The van der Waals surface area contributed by atoms with E-state index in [0.717, 1.165) is 30.7 Å². The zero-order chi connectivity index (χ0) is 21.3. The van der Waals surface area contributed by atoms with Crippen LogP contribution in [0.3, 0.4) is 0 Å². The minimum atomic E-state index is -0.113. The summed E-state index contributed by atoms with van der Waals surface area (Å²) in [5, 5.41) is 0. The lowest BCUT2D eigenvalue weighted by atomic mass is 9.38. The number of benzene rings is 1. The van der Waals surface area contributed by atoms with Gasteiger partial charge in [-0.2, -0.15) is 0 Å². The van der Waals surface area contributed by atoms with Crippen LogP contribution in [-0.2, 0) is 11.3 Å². The number of carbonyl (C=O) groups excluding carboxylic acids is 1. The van der Waals surface area contributed by atoms with Gasteiger partial charge in [0.05, 0.1) is 6.04 Å². The summed E-state index contributed by atoms with van der Waals surface area (Å²) in [7, 11) is 0. The smallest absolute Gasteiger partial charge is 0.410 e. The fraction of sp³-hybridized carbons (Fsp3) is 0.679. The normalized spacial score (nSPS) is 43.0. The van der Waals surface area contributed by atoms with Gasteiger partial charge in [-0.1, -0.05) is 55.8 Å². The quantitative estimate of drug-likeness (QED) is 0.500. The Hall–Kier alpha value is -1.77. The molecule has 1 aromatic carbocycles. The van der Waals surface area contributed by atoms with Crippen molar-refractivity contribution in [2.45, 2.75) is 96.7 Å². The van der Waals surface area contributed by atoms with Gasteiger partial charge >= 0.3 is 6.09 Å². The molecular formula is C28H37NO2. The number of nitrogens with zero attached hydrogens (tertiary/aromatic N) is 1. The number of amides is 1. The van der Waals surface area contributed by atoms with Crippen LogP contribution in [0, 0.1) is 22.2 Å². The predicted molar refractivity (Wildman–Crippen MR) is 122 cm³/mol. The van der Waals surface area contributed by atoms with E-state index >= 15 is 0 Å². The van der Waals surface area contributed by atoms with E-state index in [2.05, 4.69) is 24.8 Å². The van der Waals surface area contributed by atoms with Gasteiger partial charge in [0.1, 0.15) is 6.61 Å². The van der Waals surface area contributed by atoms with Crippen molar-refractivity contribution in [1.29, 1.82) is 0 Å². The van der Waals surface area contributed by atoms with E-state index in [0.29, 0.717) is 28.9 Å². The van der Waals surface area contributed by atoms with Gasteiger partial charge in [-0.05, 0) is 91.9 Å². The summed E-state index contributed by atoms with van der Waals surface area (Å²) < 4.78 is 5.78. The topological polar surface area (TPSA) is 29.5 Å². The molecule has 1 amide bonds. The molecule has 6 bridgehead atoms. The summed E-state index contributed by atoms with van der Waals surface area (Å²) in [6.45, 7) is 5.51. The Bertz CT molecular complexity index is 887. The Morgan fingerprint density at radius 3 is 2.45 bits per heavy atom. The first-order chi connectivity index (χ1) is 14.9. The fourth-order valence-electron chi connectivity index (χ4n) is 9.31. The summed E-state index contributed by atoms with van der Waals surface area (Å²) in [6, 6.07) is 10.6. The summed E-state index contributed by atoms with van der Waals surface area (Å²) in [4.78, 5) is 15.2. The van der Waals surface area contributed by atoms with Crippen molar-refractivity contribution < 1.29 is 9.53 Å². The van der Waals surface area contributed by atoms with E-state index in [1.165, 1.54) is 44.9 Å². The molecule has 0 spiro atoms. The highest BCUT2D eigenvalue weighted by molar-refractivity contribution is 5.69. The maximum absolute atomic E-state index is 13.1. The van der Waals surface area contributed by atoms with E-state index in [-0.39, 0.29) is 12.1 Å². The third-order valence-corrected chi connectivity index (χ3v) is 9.36. The molecule has 7 rings (SSSR count). The van der Waals surface area contributed by atoms with Crippen molar-refractivity contribution in [3.8, 4) is 0 Å². The summed E-state index contributed by atoms with van der Waals surface area (Å²) in [5.41, 5.74) is 4.27. The van der Waals surface area contributed by atoms with Gasteiger partial charge in [0.25, 0.3) is 0 Å². The van der Waals surface area contributed by atoms with Gasteiger partial charge in [0.15, 0.2) is 0 Å². The largest absolute Gasteiger partial charge is 0.445 e. The van der Waals surface area contributed by atoms with Crippen molar-refractivity contribution in [1.82, 2.24) is 4.90 Å². The Balaban J connectivity index is 1.24. The highest BCUT2D eigenvalue weighted by atomic mass is 16.6. The first kappa shape index (κ1) is 19.9. The van der Waals surface area contributed by atoms with E-state index in [1.807, 2.05) is 30.3 Å². The SMILES string of the molecule is CC12CC3CC(C)(C1)CC(C1=CC4CCCC(C1)N4C(=O)OCc1ccccc1)(C3)C2. The predicted octanol–water partition coefficient (Wildman–Crippen LogP) is 6.87. The molecule has 0 radical (unpaired) electrons. The molecule has 166 valence electrons. The highest BCUT2D eigenvalue weighted by Gasteiger charge is 2.61. The molecule has 1 aromatic rings. The maximum atomic E-state index is 13.1. The monoisotopic (exact) mass is 419 g/mol. The second-order valence-electron chi connectivity index (χ2n) is 12.4. The first-order valence-corrected chi connectivity index (χ1v) is 12.6. The fourth-order valence-corrected chi connectivity index (χ4v) is 9.31. The molecule has 2 heterocycles. The minimum Gasteiger partial charge on any atom is -0.445 e. The standard InChI is InChI=1S/C28H37NO2/c1-26-13-21-14-27(2,17-26)19-28(15-21,18-26)22-11-23-9-6-10-24(12-22)29(23)25(30)31-16-20-7-4-3-5-8-20/h3-5,7-8,11,21,23-24H,6,9-10,12-19H2,1-2H3. The summed E-state index contributed by atoms with van der Waals surface area (Å²) >= 11 is 0. The van der Waals surface area contributed by atoms with Crippen molar-refractivity contribution >= 4 is 6.09 Å². The van der Waals surface area contributed by atoms with Gasteiger partial charge in [-0.25, -0.2) is 4.79 Å². The van der Waals surface area contributed by atoms with Gasteiger partial charge in [-0.15, -0.1) is 0 Å². The number of hydrogen-bond acceptors (Lipinski definition) is 2. The van der Waals surface area contributed by atoms with Crippen molar-refractivity contribution in [3.63, 3.8) is 0 Å². The zero-order valence-corrected chi connectivity index (χ0v) is 19.2. The zero-order valence-electron chi connectivity index (χ0n) is 19.2. The van der Waals surface area contributed by atoms with E-state index in [4.69, 9.17) is 4.74 Å². The van der Waals surface area contributed by atoms with E-state index in [9.17, 15) is 4.79 Å².